The molecule has 0 saturated heterocycles. The Morgan fingerprint density at radius 2 is 2.05 bits per heavy atom. The van der Waals surface area contributed by atoms with Gasteiger partial charge in [-0.05, 0) is 31.6 Å². The summed E-state index contributed by atoms with van der Waals surface area (Å²) in [5.41, 5.74) is 1.27. The summed E-state index contributed by atoms with van der Waals surface area (Å²) in [5, 5.41) is 5.79. The molecule has 118 valence electrons. The Bertz CT molecular complexity index is 614. The normalized spacial score (nSPS) is 26.8. The van der Waals surface area contributed by atoms with Crippen LogP contribution in [0, 0.1) is 0 Å². The highest BCUT2D eigenvalue weighted by molar-refractivity contribution is 8.01. The van der Waals surface area contributed by atoms with E-state index < -0.39 is 0 Å². The number of thioether (sulfide) groups is 2. The molecule has 1 N–H and O–H groups in total. The van der Waals surface area contributed by atoms with E-state index in [0.29, 0.717) is 28.9 Å². The second-order valence-corrected chi connectivity index (χ2v) is 8.95. The van der Waals surface area contributed by atoms with Crippen LogP contribution in [0.3, 0.4) is 0 Å². The number of hydrogen-bond donors (Lipinski definition) is 1. The number of nitrogens with zero attached hydrogens (tertiary/aromatic N) is 2. The van der Waals surface area contributed by atoms with Gasteiger partial charge in [-0.15, -0.1) is 11.8 Å². The number of hydrogen-bond acceptors (Lipinski definition) is 5. The third kappa shape index (κ3) is 3.00. The molecule has 2 fully saturated rings. The van der Waals surface area contributed by atoms with Gasteiger partial charge in [-0.1, -0.05) is 25.6 Å². The van der Waals surface area contributed by atoms with Gasteiger partial charge < -0.3 is 5.32 Å². The van der Waals surface area contributed by atoms with Crippen molar-refractivity contribution in [3.05, 3.63) is 11.4 Å². The molecule has 0 aromatic carbocycles. The van der Waals surface area contributed by atoms with E-state index in [2.05, 4.69) is 19.2 Å². The highest BCUT2D eigenvalue weighted by Gasteiger charge is 2.35. The van der Waals surface area contributed by atoms with E-state index in [1.165, 1.54) is 18.4 Å². The van der Waals surface area contributed by atoms with Gasteiger partial charge >= 0.3 is 0 Å². The molecule has 0 unspecified atom stereocenters. The molecular weight excluding hydrogens is 314 g/mol. The lowest BCUT2D eigenvalue weighted by molar-refractivity contribution is -0.118. The van der Waals surface area contributed by atoms with Crippen molar-refractivity contribution in [1.29, 1.82) is 0 Å². The lowest BCUT2D eigenvalue weighted by Gasteiger charge is -2.13. The van der Waals surface area contributed by atoms with Gasteiger partial charge in [-0.2, -0.15) is 0 Å². The molecule has 2 atom stereocenters. The quantitative estimate of drug-likeness (QED) is 0.661. The number of aromatic nitrogens is 2. The van der Waals surface area contributed by atoms with Crippen LogP contribution in [-0.2, 0) is 4.79 Å². The number of rotatable bonds is 5. The third-order valence-corrected chi connectivity index (χ3v) is 6.88. The lowest BCUT2D eigenvalue weighted by Crippen LogP contribution is -2.27. The van der Waals surface area contributed by atoms with Crippen molar-refractivity contribution in [3.8, 4) is 0 Å². The van der Waals surface area contributed by atoms with Crippen molar-refractivity contribution in [2.24, 2.45) is 0 Å². The lowest BCUT2D eigenvalue weighted by atomic mass is 10.0. The number of amides is 1. The molecule has 0 bridgehead atoms. The fourth-order valence-corrected chi connectivity index (χ4v) is 4.96. The van der Waals surface area contributed by atoms with E-state index in [1.807, 2.05) is 11.8 Å². The Kier molecular flexibility index (Phi) is 3.85. The van der Waals surface area contributed by atoms with Crippen LogP contribution < -0.4 is 5.32 Å². The maximum atomic E-state index is 12.0. The summed E-state index contributed by atoms with van der Waals surface area (Å²) in [4.78, 5) is 21.6. The zero-order valence-electron chi connectivity index (χ0n) is 13.0. The Morgan fingerprint density at radius 3 is 2.73 bits per heavy atom. The Balaban J connectivity index is 1.55. The zero-order valence-corrected chi connectivity index (χ0v) is 14.6. The maximum Gasteiger partial charge on any atom is 0.230 e. The van der Waals surface area contributed by atoms with Gasteiger partial charge in [0.25, 0.3) is 0 Å². The largest absolute Gasteiger partial charge is 0.353 e. The molecule has 6 heteroatoms. The minimum Gasteiger partial charge on any atom is -0.353 e. The van der Waals surface area contributed by atoms with E-state index >= 15 is 0 Å². The standard InChI is InChI=1S/C16H21N3OS2/c1-8-9(2)22-16-13(8)15(18-14(19-16)10-3-4-10)21-7-12(20)17-11-5-6-11/h8-11H,3-7H2,1-2H3,(H,17,20)/t8-,9+/m1/s1. The summed E-state index contributed by atoms with van der Waals surface area (Å²) < 4.78 is 0. The van der Waals surface area contributed by atoms with Crippen molar-refractivity contribution in [2.45, 2.75) is 72.7 Å². The Morgan fingerprint density at radius 1 is 1.27 bits per heavy atom. The summed E-state index contributed by atoms with van der Waals surface area (Å²) in [5.74, 6) is 2.62. The van der Waals surface area contributed by atoms with E-state index in [-0.39, 0.29) is 5.91 Å². The molecule has 1 aliphatic heterocycles. The van der Waals surface area contributed by atoms with Crippen molar-refractivity contribution in [3.63, 3.8) is 0 Å². The van der Waals surface area contributed by atoms with E-state index in [1.54, 1.807) is 11.8 Å². The monoisotopic (exact) mass is 335 g/mol. The first-order valence-corrected chi connectivity index (χ1v) is 9.99. The molecule has 3 aliphatic rings. The van der Waals surface area contributed by atoms with Gasteiger partial charge in [-0.25, -0.2) is 9.97 Å². The molecule has 2 aliphatic carbocycles. The molecule has 2 saturated carbocycles. The summed E-state index contributed by atoms with van der Waals surface area (Å²) >= 11 is 3.45. The summed E-state index contributed by atoms with van der Waals surface area (Å²) in [6.07, 6.45) is 4.69. The third-order valence-electron chi connectivity index (χ3n) is 4.57. The predicted molar refractivity (Wildman–Crippen MR) is 89.6 cm³/mol. The van der Waals surface area contributed by atoms with E-state index in [4.69, 9.17) is 9.97 Å². The van der Waals surface area contributed by atoms with E-state index in [0.717, 1.165) is 28.7 Å². The van der Waals surface area contributed by atoms with Crippen LogP contribution in [0.4, 0.5) is 0 Å². The van der Waals surface area contributed by atoms with Crippen molar-refractivity contribution >= 4 is 29.4 Å². The van der Waals surface area contributed by atoms with Gasteiger partial charge in [0, 0.05) is 22.8 Å². The average molecular weight is 335 g/mol. The van der Waals surface area contributed by atoms with Gasteiger partial charge in [0.05, 0.1) is 5.75 Å². The molecule has 1 aromatic heterocycles. The van der Waals surface area contributed by atoms with Crippen LogP contribution in [-0.4, -0.2) is 32.9 Å². The second kappa shape index (κ2) is 5.71. The second-order valence-electron chi connectivity index (χ2n) is 6.62. The molecule has 1 aromatic rings. The number of carbonyl (C=O) groups excluding carboxylic acids is 1. The molecule has 1 amide bonds. The minimum absolute atomic E-state index is 0.138. The fourth-order valence-electron chi connectivity index (χ4n) is 2.70. The number of fused-ring (bicyclic) bond motifs is 1. The summed E-state index contributed by atoms with van der Waals surface area (Å²) in [7, 11) is 0. The van der Waals surface area contributed by atoms with Crippen LogP contribution in [0.2, 0.25) is 0 Å². The minimum atomic E-state index is 0.138. The Labute approximate surface area is 139 Å². The Hall–Kier alpha value is -0.750. The molecule has 0 spiro atoms. The van der Waals surface area contributed by atoms with Gasteiger partial charge in [0.1, 0.15) is 15.9 Å². The molecule has 4 rings (SSSR count). The highest BCUT2D eigenvalue weighted by atomic mass is 32.2. The van der Waals surface area contributed by atoms with E-state index in [9.17, 15) is 4.79 Å². The molecule has 22 heavy (non-hydrogen) atoms. The first-order valence-electron chi connectivity index (χ1n) is 8.12. The number of nitrogens with one attached hydrogen (secondary N) is 1. The first-order chi connectivity index (χ1) is 10.6. The zero-order chi connectivity index (χ0) is 15.3. The topological polar surface area (TPSA) is 54.9 Å². The average Bonchev–Trinajstić information content (AvgIpc) is 3.37. The smallest absolute Gasteiger partial charge is 0.230 e. The predicted octanol–water partition coefficient (Wildman–Crippen LogP) is 3.32. The first kappa shape index (κ1) is 14.8. The molecule has 2 heterocycles. The summed E-state index contributed by atoms with van der Waals surface area (Å²) in [6, 6.07) is 0.431. The van der Waals surface area contributed by atoms with Crippen LogP contribution >= 0.6 is 23.5 Å². The molecule has 0 radical (unpaired) electrons. The summed E-state index contributed by atoms with van der Waals surface area (Å²) in [6.45, 7) is 4.50. The van der Waals surface area contributed by atoms with Crippen molar-refractivity contribution in [1.82, 2.24) is 15.3 Å². The van der Waals surface area contributed by atoms with Crippen molar-refractivity contribution < 1.29 is 4.79 Å². The molecular formula is C16H21N3OS2. The van der Waals surface area contributed by atoms with Crippen molar-refractivity contribution in [2.75, 3.05) is 5.75 Å². The van der Waals surface area contributed by atoms with Crippen LogP contribution in [0.15, 0.2) is 10.1 Å². The number of carbonyl (C=O) groups is 1. The molecule has 4 nitrogen and oxygen atoms in total. The van der Waals surface area contributed by atoms with Gasteiger partial charge in [0.2, 0.25) is 5.91 Å². The fraction of sp³-hybridized carbons (Fsp3) is 0.688. The van der Waals surface area contributed by atoms with Gasteiger partial charge in [0.15, 0.2) is 0 Å². The van der Waals surface area contributed by atoms with Gasteiger partial charge in [-0.3, -0.25) is 4.79 Å². The highest BCUT2D eigenvalue weighted by Crippen LogP contribution is 2.49. The maximum absolute atomic E-state index is 12.0. The van der Waals surface area contributed by atoms with Crippen LogP contribution in [0.1, 0.15) is 62.8 Å². The van der Waals surface area contributed by atoms with Crippen LogP contribution in [0.5, 0.6) is 0 Å². The SMILES string of the molecule is C[C@@H]1Sc2nc(C3CC3)nc(SCC(=O)NC3CC3)c2[C@@H]1C. The van der Waals surface area contributed by atoms with Crippen LogP contribution in [0.25, 0.3) is 0 Å².